The molecular formula is C11H8ClN3O. The number of halogens is 1. The maximum atomic E-state index is 10.8. The van der Waals surface area contributed by atoms with E-state index in [1.807, 2.05) is 6.07 Å². The highest BCUT2D eigenvalue weighted by atomic mass is 35.5. The number of aromatic nitrogens is 2. The largest absolute Gasteiger partial charge is 0.354 e. The average Bonchev–Trinajstić information content (AvgIpc) is 2.31. The van der Waals surface area contributed by atoms with E-state index in [9.17, 15) is 4.79 Å². The third-order valence-corrected chi connectivity index (χ3v) is 2.18. The van der Waals surface area contributed by atoms with Crippen molar-refractivity contribution in [2.75, 3.05) is 5.32 Å². The molecule has 0 bridgehead atoms. The Morgan fingerprint density at radius 1 is 1.38 bits per heavy atom. The molecular weight excluding hydrogens is 226 g/mol. The van der Waals surface area contributed by atoms with Crippen molar-refractivity contribution in [3.8, 4) is 0 Å². The van der Waals surface area contributed by atoms with Crippen molar-refractivity contribution in [3.05, 3.63) is 47.5 Å². The van der Waals surface area contributed by atoms with Gasteiger partial charge >= 0.3 is 0 Å². The molecule has 0 saturated carbocycles. The summed E-state index contributed by atoms with van der Waals surface area (Å²) >= 11 is 5.76. The first-order chi connectivity index (χ1) is 7.79. The molecule has 2 aromatic rings. The lowest BCUT2D eigenvalue weighted by atomic mass is 10.2. The maximum Gasteiger partial charge on any atom is 0.153 e. The van der Waals surface area contributed by atoms with Gasteiger partial charge in [0, 0.05) is 12.4 Å². The topological polar surface area (TPSA) is 54.9 Å². The maximum absolute atomic E-state index is 10.8. The van der Waals surface area contributed by atoms with Gasteiger partial charge in [-0.25, -0.2) is 4.98 Å². The second kappa shape index (κ2) is 4.72. The Hall–Kier alpha value is -1.94. The molecule has 0 unspecified atom stereocenters. The van der Waals surface area contributed by atoms with Gasteiger partial charge in [-0.2, -0.15) is 0 Å². The van der Waals surface area contributed by atoms with E-state index in [0.717, 1.165) is 12.0 Å². The molecule has 2 aromatic heterocycles. The molecule has 80 valence electrons. The summed E-state index contributed by atoms with van der Waals surface area (Å²) in [6, 6.07) is 5.24. The number of rotatable bonds is 3. The summed E-state index contributed by atoms with van der Waals surface area (Å²) in [5.74, 6) is 0. The molecule has 4 nitrogen and oxygen atoms in total. The first-order valence-electron chi connectivity index (χ1n) is 4.57. The molecule has 0 aromatic carbocycles. The second-order valence-corrected chi connectivity index (χ2v) is 3.47. The highest BCUT2D eigenvalue weighted by Gasteiger charge is 2.03. The van der Waals surface area contributed by atoms with Crippen molar-refractivity contribution in [2.24, 2.45) is 0 Å². The molecule has 0 saturated heterocycles. The fourth-order valence-corrected chi connectivity index (χ4v) is 1.39. The first-order valence-corrected chi connectivity index (χ1v) is 4.95. The van der Waals surface area contributed by atoms with Gasteiger partial charge in [-0.15, -0.1) is 0 Å². The van der Waals surface area contributed by atoms with Crippen molar-refractivity contribution in [3.63, 3.8) is 0 Å². The van der Waals surface area contributed by atoms with Crippen LogP contribution >= 0.6 is 11.6 Å². The quantitative estimate of drug-likeness (QED) is 0.654. The standard InChI is InChI=1S/C11H8ClN3O/c12-11-4-10(8(7-16)5-14-11)15-9-2-1-3-13-6-9/h1-7H,(H,14,15). The van der Waals surface area contributed by atoms with E-state index in [1.165, 1.54) is 6.20 Å². The zero-order valence-electron chi connectivity index (χ0n) is 8.22. The van der Waals surface area contributed by atoms with Crippen molar-refractivity contribution >= 4 is 29.3 Å². The molecule has 0 radical (unpaired) electrons. The molecule has 5 heteroatoms. The number of carbonyl (C=O) groups is 1. The van der Waals surface area contributed by atoms with Gasteiger partial charge in [-0.1, -0.05) is 11.6 Å². The predicted molar refractivity (Wildman–Crippen MR) is 62.2 cm³/mol. The normalized spacial score (nSPS) is 9.81. The van der Waals surface area contributed by atoms with Crippen LogP contribution in [-0.2, 0) is 0 Å². The van der Waals surface area contributed by atoms with Gasteiger partial charge in [0.25, 0.3) is 0 Å². The van der Waals surface area contributed by atoms with Gasteiger partial charge in [0.1, 0.15) is 5.15 Å². The van der Waals surface area contributed by atoms with Crippen LogP contribution in [0.3, 0.4) is 0 Å². The minimum atomic E-state index is 0.331. The smallest absolute Gasteiger partial charge is 0.153 e. The fraction of sp³-hybridized carbons (Fsp3) is 0. The van der Waals surface area contributed by atoms with Crippen LogP contribution in [0.4, 0.5) is 11.4 Å². The Morgan fingerprint density at radius 3 is 2.94 bits per heavy atom. The summed E-state index contributed by atoms with van der Waals surface area (Å²) in [6.45, 7) is 0. The van der Waals surface area contributed by atoms with Crippen LogP contribution in [0, 0.1) is 0 Å². The Morgan fingerprint density at radius 2 is 2.25 bits per heavy atom. The molecule has 0 aliphatic rings. The van der Waals surface area contributed by atoms with Crippen LogP contribution < -0.4 is 5.32 Å². The van der Waals surface area contributed by atoms with Crippen molar-refractivity contribution in [2.45, 2.75) is 0 Å². The number of carbonyl (C=O) groups excluding carboxylic acids is 1. The number of nitrogens with one attached hydrogen (secondary N) is 1. The molecule has 0 amide bonds. The van der Waals surface area contributed by atoms with Crippen LogP contribution in [0.5, 0.6) is 0 Å². The van der Waals surface area contributed by atoms with E-state index in [0.29, 0.717) is 16.4 Å². The molecule has 0 aliphatic carbocycles. The van der Waals surface area contributed by atoms with Gasteiger partial charge in [0.2, 0.25) is 0 Å². The number of hydrogen-bond donors (Lipinski definition) is 1. The predicted octanol–water partition coefficient (Wildman–Crippen LogP) is 2.69. The van der Waals surface area contributed by atoms with Gasteiger partial charge in [0.15, 0.2) is 6.29 Å². The third kappa shape index (κ3) is 2.35. The number of hydrogen-bond acceptors (Lipinski definition) is 4. The molecule has 16 heavy (non-hydrogen) atoms. The van der Waals surface area contributed by atoms with E-state index in [4.69, 9.17) is 11.6 Å². The fourth-order valence-electron chi connectivity index (χ4n) is 1.23. The summed E-state index contributed by atoms with van der Waals surface area (Å²) in [5, 5.41) is 3.38. The van der Waals surface area contributed by atoms with Crippen LogP contribution in [0.25, 0.3) is 0 Å². The summed E-state index contributed by atoms with van der Waals surface area (Å²) in [6.07, 6.45) is 5.48. The minimum Gasteiger partial charge on any atom is -0.354 e. The monoisotopic (exact) mass is 233 g/mol. The van der Waals surface area contributed by atoms with Crippen LogP contribution in [0.2, 0.25) is 5.15 Å². The number of pyridine rings is 2. The van der Waals surface area contributed by atoms with Crippen LogP contribution in [0.1, 0.15) is 10.4 Å². The Balaban J connectivity index is 2.33. The summed E-state index contributed by atoms with van der Waals surface area (Å²) in [7, 11) is 0. The number of anilines is 2. The van der Waals surface area contributed by atoms with E-state index < -0.39 is 0 Å². The van der Waals surface area contributed by atoms with E-state index in [1.54, 1.807) is 24.5 Å². The molecule has 2 heterocycles. The van der Waals surface area contributed by atoms with E-state index >= 15 is 0 Å². The highest BCUT2D eigenvalue weighted by molar-refractivity contribution is 6.29. The van der Waals surface area contributed by atoms with Crippen molar-refractivity contribution in [1.29, 1.82) is 0 Å². The molecule has 2 rings (SSSR count). The molecule has 0 spiro atoms. The molecule has 0 atom stereocenters. The van der Waals surface area contributed by atoms with Gasteiger partial charge in [-0.3, -0.25) is 9.78 Å². The van der Waals surface area contributed by atoms with E-state index in [-0.39, 0.29) is 0 Å². The Bertz CT molecular complexity index is 502. The lowest BCUT2D eigenvalue weighted by Crippen LogP contribution is -1.96. The summed E-state index contributed by atoms with van der Waals surface area (Å²) < 4.78 is 0. The van der Waals surface area contributed by atoms with Gasteiger partial charge in [0.05, 0.1) is 23.1 Å². The minimum absolute atomic E-state index is 0.331. The Kier molecular flexibility index (Phi) is 3.12. The van der Waals surface area contributed by atoms with Crippen LogP contribution in [0.15, 0.2) is 36.8 Å². The zero-order valence-corrected chi connectivity index (χ0v) is 8.98. The third-order valence-electron chi connectivity index (χ3n) is 1.97. The lowest BCUT2D eigenvalue weighted by Gasteiger charge is -2.07. The van der Waals surface area contributed by atoms with Gasteiger partial charge in [-0.05, 0) is 18.2 Å². The SMILES string of the molecule is O=Cc1cnc(Cl)cc1Nc1cccnc1. The highest BCUT2D eigenvalue weighted by Crippen LogP contribution is 2.21. The summed E-state index contributed by atoms with van der Waals surface area (Å²) in [4.78, 5) is 18.6. The van der Waals surface area contributed by atoms with Crippen LogP contribution in [-0.4, -0.2) is 16.3 Å². The Labute approximate surface area is 97.3 Å². The van der Waals surface area contributed by atoms with Gasteiger partial charge < -0.3 is 5.32 Å². The average molecular weight is 234 g/mol. The first kappa shape index (κ1) is 10.6. The van der Waals surface area contributed by atoms with E-state index in [2.05, 4.69) is 15.3 Å². The second-order valence-electron chi connectivity index (χ2n) is 3.08. The molecule has 1 N–H and O–H groups in total. The molecule has 0 fully saturated rings. The van der Waals surface area contributed by atoms with Crippen molar-refractivity contribution in [1.82, 2.24) is 9.97 Å². The zero-order chi connectivity index (χ0) is 11.4. The number of nitrogens with zero attached hydrogens (tertiary/aromatic N) is 2. The summed E-state index contributed by atoms with van der Waals surface area (Å²) in [5.41, 5.74) is 1.85. The number of aldehydes is 1. The van der Waals surface area contributed by atoms with Crippen molar-refractivity contribution < 1.29 is 4.79 Å². The lowest BCUT2D eigenvalue weighted by molar-refractivity contribution is 0.112. The molecule has 0 aliphatic heterocycles.